The Hall–Kier alpha value is -4.20. The molecule has 1 aromatic carbocycles. The van der Waals surface area contributed by atoms with E-state index in [1.54, 1.807) is 0 Å². The highest BCUT2D eigenvalue weighted by Gasteiger charge is 2.34. The number of aromatic nitrogens is 4. The van der Waals surface area contributed by atoms with Crippen LogP contribution in [0.4, 0.5) is 15.9 Å². The Balaban J connectivity index is 1.50. The van der Waals surface area contributed by atoms with Gasteiger partial charge >= 0.3 is 6.01 Å². The Kier molecular flexibility index (Phi) is 6.65. The summed E-state index contributed by atoms with van der Waals surface area (Å²) in [5.41, 5.74) is 5.19. The summed E-state index contributed by atoms with van der Waals surface area (Å²) in [5.74, 6) is -1.04. The summed E-state index contributed by atoms with van der Waals surface area (Å²) in [6, 6.07) is 6.05. The molecule has 1 fully saturated rings. The van der Waals surface area contributed by atoms with E-state index in [-0.39, 0.29) is 19.0 Å². The van der Waals surface area contributed by atoms with Crippen LogP contribution in [0.25, 0.3) is 10.9 Å². The summed E-state index contributed by atoms with van der Waals surface area (Å²) in [6.45, 7) is 7.73. The van der Waals surface area contributed by atoms with Gasteiger partial charge < -0.3 is 19.4 Å². The van der Waals surface area contributed by atoms with Gasteiger partial charge in [-0.2, -0.15) is 20.3 Å². The lowest BCUT2D eigenvalue weighted by Gasteiger charge is -2.41. The van der Waals surface area contributed by atoms with Crippen molar-refractivity contribution in [2.24, 2.45) is 0 Å². The van der Waals surface area contributed by atoms with Gasteiger partial charge in [0.05, 0.1) is 55.3 Å². The number of aromatic amines is 1. The van der Waals surface area contributed by atoms with E-state index in [1.165, 1.54) is 12.0 Å². The van der Waals surface area contributed by atoms with Gasteiger partial charge in [0, 0.05) is 37.1 Å². The highest BCUT2D eigenvalue weighted by molar-refractivity contribution is 5.93. The molecule has 3 aromatic rings. The molecule has 2 aliphatic heterocycles. The second-order valence-corrected chi connectivity index (χ2v) is 9.41. The molecule has 5 rings (SSSR count). The second kappa shape index (κ2) is 10.0. The van der Waals surface area contributed by atoms with Gasteiger partial charge in [-0.1, -0.05) is 12.6 Å². The van der Waals surface area contributed by atoms with E-state index in [2.05, 4.69) is 45.6 Å². The van der Waals surface area contributed by atoms with Crippen molar-refractivity contribution in [2.75, 3.05) is 43.1 Å². The third-order valence-electron chi connectivity index (χ3n) is 7.14. The van der Waals surface area contributed by atoms with Crippen molar-refractivity contribution in [2.45, 2.75) is 38.8 Å². The van der Waals surface area contributed by atoms with Crippen LogP contribution in [-0.2, 0) is 17.8 Å². The van der Waals surface area contributed by atoms with Crippen LogP contribution in [0.15, 0.2) is 30.7 Å². The third-order valence-corrected chi connectivity index (χ3v) is 7.14. The number of benzene rings is 1. The third kappa shape index (κ3) is 4.55. The van der Waals surface area contributed by atoms with Gasteiger partial charge in [0.1, 0.15) is 5.82 Å². The van der Waals surface area contributed by atoms with Gasteiger partial charge in [-0.25, -0.2) is 4.39 Å². The zero-order valence-corrected chi connectivity index (χ0v) is 21.0. The first-order chi connectivity index (χ1) is 17.9. The number of ether oxygens (including phenoxy) is 1. The number of fused-ring (bicyclic) bond motifs is 2. The fraction of sp³-hybridized carbons (Fsp3) is 0.423. The first kappa shape index (κ1) is 24.5. The van der Waals surface area contributed by atoms with Crippen molar-refractivity contribution >= 4 is 28.3 Å². The van der Waals surface area contributed by atoms with Gasteiger partial charge in [0.2, 0.25) is 0 Å². The van der Waals surface area contributed by atoms with Gasteiger partial charge in [0.15, 0.2) is 5.83 Å². The number of nitriles is 1. The van der Waals surface area contributed by atoms with Crippen LogP contribution in [0.2, 0.25) is 0 Å². The molecule has 2 aliphatic rings. The summed E-state index contributed by atoms with van der Waals surface area (Å²) in [6.07, 6.45) is 3.61. The number of anilines is 2. The second-order valence-electron chi connectivity index (χ2n) is 9.41. The quantitative estimate of drug-likeness (QED) is 0.528. The van der Waals surface area contributed by atoms with Crippen molar-refractivity contribution in [3.63, 3.8) is 0 Å². The molecule has 2 aromatic heterocycles. The van der Waals surface area contributed by atoms with Gasteiger partial charge in [0.25, 0.3) is 5.91 Å². The molecule has 37 heavy (non-hydrogen) atoms. The summed E-state index contributed by atoms with van der Waals surface area (Å²) < 4.78 is 19.1. The SMILES string of the molecule is C=C(F)C(=O)N1CCN(c2nc(OC)nc3c2CCCN(c2c(C)ccc4[nH]ncc24)C3)C[C@@H]1CC#N. The molecule has 4 heterocycles. The normalized spacial score (nSPS) is 17.8. The van der Waals surface area contributed by atoms with Gasteiger partial charge in [-0.15, -0.1) is 0 Å². The molecule has 11 heteroatoms. The molecule has 1 saturated heterocycles. The standard InChI is InChI=1S/C26H29FN8O2/c1-16-6-7-21-20(13-29-32-21)23(16)33-10-4-5-19-22(15-33)30-26(37-3)31-24(19)34-11-12-35(25(36)17(2)27)18(14-34)8-9-28/h6-7,13,18H,2,4-5,8,10-12,14-15H2,1,3H3,(H,29,32)/t18-/m0/s1. The van der Waals surface area contributed by atoms with Gasteiger partial charge in [-0.05, 0) is 31.4 Å². The predicted octanol–water partition coefficient (Wildman–Crippen LogP) is 3.04. The fourth-order valence-corrected chi connectivity index (χ4v) is 5.41. The summed E-state index contributed by atoms with van der Waals surface area (Å²) in [4.78, 5) is 27.6. The number of nitrogens with one attached hydrogen (secondary N) is 1. The molecule has 0 radical (unpaired) electrons. The van der Waals surface area contributed by atoms with Gasteiger partial charge in [-0.3, -0.25) is 9.89 Å². The zero-order valence-electron chi connectivity index (χ0n) is 21.0. The lowest BCUT2D eigenvalue weighted by Crippen LogP contribution is -2.55. The van der Waals surface area contributed by atoms with Crippen molar-refractivity contribution in [1.29, 1.82) is 5.26 Å². The number of methoxy groups -OCH3 is 1. The first-order valence-electron chi connectivity index (χ1n) is 12.3. The zero-order chi connectivity index (χ0) is 26.1. The molecule has 0 unspecified atom stereocenters. The lowest BCUT2D eigenvalue weighted by molar-refractivity contribution is -0.131. The van der Waals surface area contributed by atoms with E-state index in [9.17, 15) is 14.4 Å². The minimum atomic E-state index is -1.02. The first-order valence-corrected chi connectivity index (χ1v) is 12.3. The smallest absolute Gasteiger partial charge is 0.318 e. The van der Waals surface area contributed by atoms with E-state index < -0.39 is 17.8 Å². The fourth-order valence-electron chi connectivity index (χ4n) is 5.41. The number of amides is 1. The number of hydrogen-bond donors (Lipinski definition) is 1. The van der Waals surface area contributed by atoms with Crippen LogP contribution in [0, 0.1) is 18.3 Å². The number of rotatable bonds is 5. The maximum atomic E-state index is 13.6. The highest BCUT2D eigenvalue weighted by Crippen LogP contribution is 2.35. The van der Waals surface area contributed by atoms with Crippen LogP contribution in [0.5, 0.6) is 6.01 Å². The molecule has 0 saturated carbocycles. The largest absolute Gasteiger partial charge is 0.467 e. The van der Waals surface area contributed by atoms with Crippen LogP contribution >= 0.6 is 0 Å². The number of H-pyrrole nitrogens is 1. The molecular weight excluding hydrogens is 475 g/mol. The van der Waals surface area contributed by atoms with Crippen LogP contribution in [0.3, 0.4) is 0 Å². The molecule has 192 valence electrons. The Morgan fingerprint density at radius 2 is 2.14 bits per heavy atom. The number of nitrogens with zero attached hydrogens (tertiary/aromatic N) is 7. The summed E-state index contributed by atoms with van der Waals surface area (Å²) >= 11 is 0. The summed E-state index contributed by atoms with van der Waals surface area (Å²) in [7, 11) is 1.54. The average molecular weight is 505 g/mol. The Bertz CT molecular complexity index is 1400. The lowest BCUT2D eigenvalue weighted by atomic mass is 10.1. The average Bonchev–Trinajstić information content (AvgIpc) is 3.27. The number of piperazine rings is 1. The van der Waals surface area contributed by atoms with E-state index in [4.69, 9.17) is 14.7 Å². The minimum absolute atomic E-state index is 0.0850. The van der Waals surface area contributed by atoms with E-state index in [0.717, 1.165) is 58.6 Å². The van der Waals surface area contributed by atoms with Crippen molar-refractivity contribution in [3.05, 3.63) is 47.6 Å². The molecular formula is C26H29FN8O2. The number of hydrogen-bond acceptors (Lipinski definition) is 8. The molecule has 1 amide bonds. The molecule has 1 atom stereocenters. The van der Waals surface area contributed by atoms with Crippen LogP contribution in [-0.4, -0.2) is 70.3 Å². The minimum Gasteiger partial charge on any atom is -0.467 e. The maximum Gasteiger partial charge on any atom is 0.318 e. The van der Waals surface area contributed by atoms with Crippen LogP contribution < -0.4 is 14.5 Å². The topological polar surface area (TPSA) is 114 Å². The van der Waals surface area contributed by atoms with E-state index in [1.807, 2.05) is 12.3 Å². The highest BCUT2D eigenvalue weighted by atomic mass is 19.1. The maximum absolute atomic E-state index is 13.6. The number of carbonyl (C=O) groups is 1. The molecule has 0 bridgehead atoms. The molecule has 0 aliphatic carbocycles. The Labute approximate surface area is 214 Å². The Morgan fingerprint density at radius 3 is 2.89 bits per heavy atom. The van der Waals surface area contributed by atoms with Crippen LogP contribution in [0.1, 0.15) is 29.7 Å². The van der Waals surface area contributed by atoms with E-state index >= 15 is 0 Å². The Morgan fingerprint density at radius 1 is 1.30 bits per heavy atom. The van der Waals surface area contributed by atoms with Crippen molar-refractivity contribution < 1.29 is 13.9 Å². The monoisotopic (exact) mass is 504 g/mol. The number of aryl methyl sites for hydroxylation is 1. The number of halogens is 1. The molecule has 0 spiro atoms. The van der Waals surface area contributed by atoms with Crippen molar-refractivity contribution in [1.82, 2.24) is 25.1 Å². The van der Waals surface area contributed by atoms with E-state index in [0.29, 0.717) is 19.6 Å². The molecule has 1 N–H and O–H groups in total. The molecule has 10 nitrogen and oxygen atoms in total. The number of carbonyl (C=O) groups excluding carboxylic acids is 1. The predicted molar refractivity (Wildman–Crippen MR) is 137 cm³/mol. The van der Waals surface area contributed by atoms with Crippen molar-refractivity contribution in [3.8, 4) is 12.1 Å². The summed E-state index contributed by atoms with van der Waals surface area (Å²) in [5, 5.41) is 17.7.